The van der Waals surface area contributed by atoms with Crippen LogP contribution in [0, 0.1) is 6.92 Å². The Labute approximate surface area is 132 Å². The number of thioether (sulfide) groups is 1. The first kappa shape index (κ1) is 16.2. The highest BCUT2D eigenvalue weighted by atomic mass is 32.2. The maximum atomic E-state index is 12.1. The minimum atomic E-state index is -0.334. The summed E-state index contributed by atoms with van der Waals surface area (Å²) < 4.78 is 0. The van der Waals surface area contributed by atoms with Gasteiger partial charge in [-0.15, -0.1) is 5.10 Å². The Kier molecular flexibility index (Phi) is 5.32. The lowest BCUT2D eigenvalue weighted by Gasteiger charge is -2.16. The Morgan fingerprint density at radius 1 is 1.41 bits per heavy atom. The fourth-order valence-corrected chi connectivity index (χ4v) is 2.63. The maximum Gasteiger partial charge on any atom is 0.270 e. The van der Waals surface area contributed by atoms with Crippen molar-refractivity contribution in [2.45, 2.75) is 31.8 Å². The highest BCUT2D eigenvalue weighted by Gasteiger charge is 2.12. The Hall–Kier alpha value is -2.15. The van der Waals surface area contributed by atoms with Crippen molar-refractivity contribution in [3.63, 3.8) is 0 Å². The first-order chi connectivity index (χ1) is 10.5. The van der Waals surface area contributed by atoms with Crippen LogP contribution in [0.2, 0.25) is 0 Å². The molecule has 0 bridgehead atoms. The molecular weight excluding hydrogens is 300 g/mol. The number of nitrogens with one attached hydrogen (secondary N) is 2. The van der Waals surface area contributed by atoms with Crippen molar-refractivity contribution < 1.29 is 4.79 Å². The van der Waals surface area contributed by atoms with Crippen LogP contribution in [0.4, 0.5) is 5.69 Å². The van der Waals surface area contributed by atoms with Gasteiger partial charge in [0, 0.05) is 5.69 Å². The molecule has 1 amide bonds. The molecule has 1 aromatic heterocycles. The molecule has 0 aliphatic carbocycles. The molecule has 0 saturated heterocycles. The fourth-order valence-electron chi connectivity index (χ4n) is 2.01. The van der Waals surface area contributed by atoms with Crippen molar-refractivity contribution in [2.24, 2.45) is 0 Å². The molecule has 0 atom stereocenters. The summed E-state index contributed by atoms with van der Waals surface area (Å²) in [5, 5.41) is 10.6. The molecule has 1 aromatic carbocycles. The number of para-hydroxylation sites is 1. The minimum Gasteiger partial charge on any atom is -0.325 e. The third-order valence-corrected chi connectivity index (χ3v) is 3.95. The molecule has 0 fully saturated rings. The highest BCUT2D eigenvalue weighted by Crippen LogP contribution is 2.27. The summed E-state index contributed by atoms with van der Waals surface area (Å²) in [5.74, 6) is 0.326. The van der Waals surface area contributed by atoms with Crippen molar-refractivity contribution in [3.05, 3.63) is 45.9 Å². The molecule has 7 heteroatoms. The standard InChI is InChI=1S/C15H18N4O2S/c1-9(2)11-6-4-5-10(3)14(11)17-13(21)8-22-15-18-12(20)7-16-19-15/h4-7,9H,8H2,1-3H3,(H,17,21)(H,18,19,20). The van der Waals surface area contributed by atoms with E-state index in [0.717, 1.165) is 34.8 Å². The summed E-state index contributed by atoms with van der Waals surface area (Å²) in [5.41, 5.74) is 2.65. The number of nitrogens with zero attached hydrogens (tertiary/aromatic N) is 2. The molecule has 22 heavy (non-hydrogen) atoms. The SMILES string of the molecule is Cc1cccc(C(C)C)c1NC(=O)CSc1nncc(=O)[nH]1. The molecule has 0 unspecified atom stereocenters. The third kappa shape index (κ3) is 4.17. The third-order valence-electron chi connectivity index (χ3n) is 3.09. The van der Waals surface area contributed by atoms with E-state index in [1.807, 2.05) is 25.1 Å². The molecule has 2 N–H and O–H groups in total. The Bertz CT molecular complexity index is 727. The van der Waals surface area contributed by atoms with Crippen molar-refractivity contribution in [1.29, 1.82) is 0 Å². The van der Waals surface area contributed by atoms with Gasteiger partial charge in [-0.05, 0) is 24.0 Å². The number of rotatable bonds is 5. The average Bonchev–Trinajstić information content (AvgIpc) is 2.47. The second kappa shape index (κ2) is 7.22. The van der Waals surface area contributed by atoms with Gasteiger partial charge in [0.15, 0.2) is 5.16 Å². The lowest BCUT2D eigenvalue weighted by molar-refractivity contribution is -0.113. The summed E-state index contributed by atoms with van der Waals surface area (Å²) in [6, 6.07) is 5.97. The lowest BCUT2D eigenvalue weighted by Crippen LogP contribution is -2.17. The van der Waals surface area contributed by atoms with Gasteiger partial charge in [-0.3, -0.25) is 14.6 Å². The molecule has 0 saturated carbocycles. The van der Waals surface area contributed by atoms with E-state index in [4.69, 9.17) is 0 Å². The van der Waals surface area contributed by atoms with Gasteiger partial charge < -0.3 is 5.32 Å². The van der Waals surface area contributed by atoms with Crippen LogP contribution in [0.15, 0.2) is 34.3 Å². The van der Waals surface area contributed by atoms with Gasteiger partial charge in [-0.2, -0.15) is 5.10 Å². The Morgan fingerprint density at radius 3 is 2.86 bits per heavy atom. The van der Waals surface area contributed by atoms with Gasteiger partial charge >= 0.3 is 0 Å². The fraction of sp³-hybridized carbons (Fsp3) is 0.333. The zero-order chi connectivity index (χ0) is 16.1. The zero-order valence-electron chi connectivity index (χ0n) is 12.7. The molecule has 0 aliphatic heterocycles. The maximum absolute atomic E-state index is 12.1. The van der Waals surface area contributed by atoms with Gasteiger partial charge in [0.25, 0.3) is 5.56 Å². The summed E-state index contributed by atoms with van der Waals surface area (Å²) in [6.45, 7) is 6.14. The highest BCUT2D eigenvalue weighted by molar-refractivity contribution is 7.99. The molecule has 0 spiro atoms. The molecule has 2 rings (SSSR count). The van der Waals surface area contributed by atoms with E-state index in [9.17, 15) is 9.59 Å². The smallest absolute Gasteiger partial charge is 0.270 e. The number of amides is 1. The van der Waals surface area contributed by atoms with E-state index in [1.54, 1.807) is 0 Å². The number of carbonyl (C=O) groups excluding carboxylic acids is 1. The first-order valence-electron chi connectivity index (χ1n) is 6.91. The van der Waals surface area contributed by atoms with Crippen LogP contribution in [-0.4, -0.2) is 26.8 Å². The van der Waals surface area contributed by atoms with Gasteiger partial charge in [0.05, 0.1) is 5.75 Å². The number of anilines is 1. The predicted octanol–water partition coefficient (Wildman–Crippen LogP) is 2.33. The molecule has 6 nitrogen and oxygen atoms in total. The van der Waals surface area contributed by atoms with Crippen LogP contribution in [-0.2, 0) is 4.79 Å². The van der Waals surface area contributed by atoms with Crippen LogP contribution >= 0.6 is 11.8 Å². The van der Waals surface area contributed by atoms with E-state index in [0.29, 0.717) is 11.1 Å². The van der Waals surface area contributed by atoms with Crippen LogP contribution in [0.1, 0.15) is 30.9 Å². The average molecular weight is 318 g/mol. The number of aryl methyl sites for hydroxylation is 1. The topological polar surface area (TPSA) is 87.7 Å². The van der Waals surface area contributed by atoms with E-state index < -0.39 is 0 Å². The molecule has 1 heterocycles. The number of benzene rings is 1. The van der Waals surface area contributed by atoms with Gasteiger partial charge in [-0.1, -0.05) is 43.8 Å². The van der Waals surface area contributed by atoms with E-state index in [-0.39, 0.29) is 17.2 Å². The summed E-state index contributed by atoms with van der Waals surface area (Å²) in [7, 11) is 0. The van der Waals surface area contributed by atoms with Crippen molar-refractivity contribution in [1.82, 2.24) is 15.2 Å². The van der Waals surface area contributed by atoms with Crippen molar-refractivity contribution in [2.75, 3.05) is 11.1 Å². The first-order valence-corrected chi connectivity index (χ1v) is 7.90. The monoisotopic (exact) mass is 318 g/mol. The van der Waals surface area contributed by atoms with Gasteiger partial charge in [0.1, 0.15) is 6.20 Å². The lowest BCUT2D eigenvalue weighted by atomic mass is 9.98. The van der Waals surface area contributed by atoms with Crippen LogP contribution in [0.3, 0.4) is 0 Å². The van der Waals surface area contributed by atoms with E-state index >= 15 is 0 Å². The van der Waals surface area contributed by atoms with Crippen molar-refractivity contribution >= 4 is 23.4 Å². The van der Waals surface area contributed by atoms with Crippen LogP contribution in [0.25, 0.3) is 0 Å². The minimum absolute atomic E-state index is 0.146. The number of carbonyl (C=O) groups is 1. The zero-order valence-corrected chi connectivity index (χ0v) is 13.5. The number of aromatic nitrogens is 3. The van der Waals surface area contributed by atoms with Crippen LogP contribution < -0.4 is 10.9 Å². The number of hydrogen-bond donors (Lipinski definition) is 2. The number of H-pyrrole nitrogens is 1. The quantitative estimate of drug-likeness (QED) is 0.826. The second-order valence-corrected chi connectivity index (χ2v) is 6.13. The van der Waals surface area contributed by atoms with E-state index in [1.165, 1.54) is 0 Å². The van der Waals surface area contributed by atoms with Gasteiger partial charge in [0.2, 0.25) is 5.91 Å². The predicted molar refractivity (Wildman–Crippen MR) is 87.3 cm³/mol. The molecule has 0 aliphatic rings. The number of hydrogen-bond acceptors (Lipinski definition) is 5. The van der Waals surface area contributed by atoms with E-state index in [2.05, 4.69) is 34.3 Å². The largest absolute Gasteiger partial charge is 0.325 e. The van der Waals surface area contributed by atoms with Gasteiger partial charge in [-0.25, -0.2) is 0 Å². The Morgan fingerprint density at radius 2 is 2.18 bits per heavy atom. The van der Waals surface area contributed by atoms with Crippen LogP contribution in [0.5, 0.6) is 0 Å². The Balaban J connectivity index is 2.05. The normalized spacial score (nSPS) is 10.7. The molecule has 116 valence electrons. The summed E-state index contributed by atoms with van der Waals surface area (Å²) >= 11 is 1.14. The summed E-state index contributed by atoms with van der Waals surface area (Å²) in [6.07, 6.45) is 1.09. The number of aromatic amines is 1. The molecule has 0 radical (unpaired) electrons. The summed E-state index contributed by atoms with van der Waals surface area (Å²) in [4.78, 5) is 25.8. The molecule has 2 aromatic rings. The van der Waals surface area contributed by atoms with Crippen molar-refractivity contribution in [3.8, 4) is 0 Å². The second-order valence-electron chi connectivity index (χ2n) is 5.17. The molecular formula is C15H18N4O2S.